The summed E-state index contributed by atoms with van der Waals surface area (Å²) < 4.78 is 14.7. The molecule has 0 bridgehead atoms. The van der Waals surface area contributed by atoms with Gasteiger partial charge in [-0.2, -0.15) is 5.26 Å². The summed E-state index contributed by atoms with van der Waals surface area (Å²) in [6.45, 7) is 0.367. The van der Waals surface area contributed by atoms with Crippen LogP contribution in [0.5, 0.6) is 0 Å². The molecule has 0 N–H and O–H groups in total. The Bertz CT molecular complexity index is 1190. The van der Waals surface area contributed by atoms with Crippen molar-refractivity contribution in [2.24, 2.45) is 0 Å². The fourth-order valence-corrected chi connectivity index (χ4v) is 3.71. The lowest BCUT2D eigenvalue weighted by Crippen LogP contribution is -2.20. The Kier molecular flexibility index (Phi) is 4.07. The van der Waals surface area contributed by atoms with E-state index in [1.807, 2.05) is 17.5 Å². The van der Waals surface area contributed by atoms with E-state index in [1.54, 1.807) is 28.8 Å². The number of fused-ring (bicyclic) bond motifs is 1. The molecule has 0 spiro atoms. The van der Waals surface area contributed by atoms with Crippen LogP contribution >= 0.6 is 11.3 Å². The lowest BCUT2D eigenvalue weighted by molar-refractivity contribution is 0.628. The van der Waals surface area contributed by atoms with Crippen LogP contribution in [0.25, 0.3) is 21.3 Å². The van der Waals surface area contributed by atoms with E-state index in [1.165, 1.54) is 29.8 Å². The molecular weight excluding hydrogens is 349 g/mol. The standard InChI is InChI=1S/C20H12FN3OS/c21-16-7-5-15(6-8-16)17-11-26-19-18(17)20(25)24(12-23-19)10-14-3-1-13(9-22)2-4-14/h1-8,11-12H,10H2. The van der Waals surface area contributed by atoms with E-state index in [-0.39, 0.29) is 11.4 Å². The summed E-state index contributed by atoms with van der Waals surface area (Å²) >= 11 is 1.39. The number of hydrogen-bond acceptors (Lipinski definition) is 4. The van der Waals surface area contributed by atoms with E-state index in [2.05, 4.69) is 11.1 Å². The molecule has 2 aromatic heterocycles. The molecular formula is C20H12FN3OS. The molecule has 4 rings (SSSR count). The van der Waals surface area contributed by atoms with Crippen molar-refractivity contribution in [3.8, 4) is 17.2 Å². The van der Waals surface area contributed by atoms with Gasteiger partial charge in [-0.05, 0) is 35.4 Å². The van der Waals surface area contributed by atoms with Crippen molar-refractivity contribution in [2.45, 2.75) is 6.54 Å². The van der Waals surface area contributed by atoms with E-state index in [0.717, 1.165) is 16.7 Å². The Balaban J connectivity index is 1.78. The van der Waals surface area contributed by atoms with Gasteiger partial charge < -0.3 is 0 Å². The fourth-order valence-electron chi connectivity index (χ4n) is 2.80. The summed E-state index contributed by atoms with van der Waals surface area (Å²) in [7, 11) is 0. The predicted octanol–water partition coefficient (Wildman–Crippen LogP) is 4.18. The molecule has 2 aromatic carbocycles. The number of halogens is 1. The van der Waals surface area contributed by atoms with Gasteiger partial charge in [-0.3, -0.25) is 9.36 Å². The Morgan fingerprint density at radius 3 is 2.54 bits per heavy atom. The van der Waals surface area contributed by atoms with Gasteiger partial charge in [0.25, 0.3) is 5.56 Å². The minimum absolute atomic E-state index is 0.139. The molecule has 4 nitrogen and oxygen atoms in total. The van der Waals surface area contributed by atoms with Crippen molar-refractivity contribution in [1.29, 1.82) is 5.26 Å². The first-order valence-electron chi connectivity index (χ1n) is 7.87. The second kappa shape index (κ2) is 6.54. The molecule has 0 fully saturated rings. The van der Waals surface area contributed by atoms with Crippen molar-refractivity contribution < 1.29 is 4.39 Å². The van der Waals surface area contributed by atoms with Crippen LogP contribution in [0.2, 0.25) is 0 Å². The monoisotopic (exact) mass is 361 g/mol. The second-order valence-electron chi connectivity index (χ2n) is 5.82. The SMILES string of the molecule is N#Cc1ccc(Cn2cnc3scc(-c4ccc(F)cc4)c3c2=O)cc1. The maximum atomic E-state index is 13.2. The third-order valence-corrected chi connectivity index (χ3v) is 5.04. The van der Waals surface area contributed by atoms with Crippen LogP contribution in [-0.2, 0) is 6.54 Å². The molecule has 6 heteroatoms. The van der Waals surface area contributed by atoms with Gasteiger partial charge in [0.15, 0.2) is 0 Å². The van der Waals surface area contributed by atoms with Crippen molar-refractivity contribution >= 4 is 21.6 Å². The molecule has 0 aliphatic rings. The summed E-state index contributed by atoms with van der Waals surface area (Å²) in [5, 5.41) is 11.3. The van der Waals surface area contributed by atoms with Gasteiger partial charge in [0.1, 0.15) is 10.6 Å². The van der Waals surface area contributed by atoms with Crippen molar-refractivity contribution in [1.82, 2.24) is 9.55 Å². The lowest BCUT2D eigenvalue weighted by Gasteiger charge is -2.07. The summed E-state index contributed by atoms with van der Waals surface area (Å²) in [6, 6.07) is 15.2. The summed E-state index contributed by atoms with van der Waals surface area (Å²) in [5.41, 5.74) is 2.89. The van der Waals surface area contributed by atoms with Crippen LogP contribution in [-0.4, -0.2) is 9.55 Å². The number of aromatic nitrogens is 2. The average molecular weight is 361 g/mol. The number of thiophene rings is 1. The van der Waals surface area contributed by atoms with E-state index < -0.39 is 0 Å². The smallest absolute Gasteiger partial charge is 0.263 e. The minimum Gasteiger partial charge on any atom is -0.294 e. The molecule has 0 radical (unpaired) electrons. The van der Waals surface area contributed by atoms with Crippen LogP contribution in [0, 0.1) is 17.1 Å². The Morgan fingerprint density at radius 2 is 1.85 bits per heavy atom. The second-order valence-corrected chi connectivity index (χ2v) is 6.68. The third kappa shape index (κ3) is 2.89. The van der Waals surface area contributed by atoms with E-state index in [0.29, 0.717) is 22.3 Å². The number of nitriles is 1. The zero-order valence-corrected chi connectivity index (χ0v) is 14.3. The van der Waals surface area contributed by atoms with Crippen molar-refractivity contribution in [2.75, 3.05) is 0 Å². The molecule has 0 saturated carbocycles. The van der Waals surface area contributed by atoms with Gasteiger partial charge in [0, 0.05) is 10.9 Å². The lowest BCUT2D eigenvalue weighted by atomic mass is 10.1. The zero-order valence-electron chi connectivity index (χ0n) is 13.5. The summed E-state index contributed by atoms with van der Waals surface area (Å²) in [5.74, 6) is -0.315. The van der Waals surface area contributed by atoms with Gasteiger partial charge in [-0.25, -0.2) is 9.37 Å². The number of benzene rings is 2. The van der Waals surface area contributed by atoms with E-state index in [4.69, 9.17) is 5.26 Å². The average Bonchev–Trinajstić information content (AvgIpc) is 3.10. The molecule has 0 amide bonds. The first-order valence-corrected chi connectivity index (χ1v) is 8.75. The number of hydrogen-bond donors (Lipinski definition) is 0. The van der Waals surface area contributed by atoms with Crippen LogP contribution in [0.4, 0.5) is 4.39 Å². The highest BCUT2D eigenvalue weighted by atomic mass is 32.1. The molecule has 126 valence electrons. The maximum absolute atomic E-state index is 13.2. The minimum atomic E-state index is -0.315. The van der Waals surface area contributed by atoms with E-state index >= 15 is 0 Å². The molecule has 4 aromatic rings. The van der Waals surface area contributed by atoms with Crippen molar-refractivity contribution in [3.05, 3.63) is 87.5 Å². The first kappa shape index (κ1) is 16.2. The van der Waals surface area contributed by atoms with E-state index in [9.17, 15) is 9.18 Å². The molecule has 0 unspecified atom stereocenters. The van der Waals surface area contributed by atoms with Gasteiger partial charge in [0.05, 0.1) is 29.9 Å². The largest absolute Gasteiger partial charge is 0.294 e. The van der Waals surface area contributed by atoms with Crippen molar-refractivity contribution in [3.63, 3.8) is 0 Å². The highest BCUT2D eigenvalue weighted by Gasteiger charge is 2.13. The molecule has 0 aliphatic carbocycles. The van der Waals surface area contributed by atoms with Crippen LogP contribution in [0.1, 0.15) is 11.1 Å². The predicted molar refractivity (Wildman–Crippen MR) is 99.5 cm³/mol. The zero-order chi connectivity index (χ0) is 18.1. The first-order chi connectivity index (χ1) is 12.7. The third-order valence-electron chi connectivity index (χ3n) is 4.15. The maximum Gasteiger partial charge on any atom is 0.263 e. The molecule has 0 aliphatic heterocycles. The van der Waals surface area contributed by atoms with Gasteiger partial charge in [-0.1, -0.05) is 24.3 Å². The van der Waals surface area contributed by atoms with Gasteiger partial charge >= 0.3 is 0 Å². The Morgan fingerprint density at radius 1 is 1.12 bits per heavy atom. The Labute approximate surface area is 152 Å². The van der Waals surface area contributed by atoms with Gasteiger partial charge in [-0.15, -0.1) is 11.3 Å². The highest BCUT2D eigenvalue weighted by Crippen LogP contribution is 2.30. The normalized spacial score (nSPS) is 10.8. The molecule has 2 heterocycles. The quantitative estimate of drug-likeness (QED) is 0.550. The van der Waals surface area contributed by atoms with Crippen LogP contribution in [0.15, 0.2) is 65.0 Å². The summed E-state index contributed by atoms with van der Waals surface area (Å²) in [6.07, 6.45) is 1.54. The van der Waals surface area contributed by atoms with Crippen LogP contribution < -0.4 is 5.56 Å². The van der Waals surface area contributed by atoms with Crippen LogP contribution in [0.3, 0.4) is 0 Å². The Hall–Kier alpha value is -3.30. The number of nitrogens with zero attached hydrogens (tertiary/aromatic N) is 3. The molecule has 0 atom stereocenters. The fraction of sp³-hybridized carbons (Fsp3) is 0.0500. The van der Waals surface area contributed by atoms with Gasteiger partial charge in [0.2, 0.25) is 0 Å². The summed E-state index contributed by atoms with van der Waals surface area (Å²) in [4.78, 5) is 18.0. The number of rotatable bonds is 3. The topological polar surface area (TPSA) is 58.7 Å². The molecule has 0 saturated heterocycles. The highest BCUT2D eigenvalue weighted by molar-refractivity contribution is 7.17. The molecule has 26 heavy (non-hydrogen) atoms.